The summed E-state index contributed by atoms with van der Waals surface area (Å²) in [6.07, 6.45) is 9.57. The molecule has 0 aromatic heterocycles. The van der Waals surface area contributed by atoms with Gasteiger partial charge in [-0.1, -0.05) is 111 Å². The highest BCUT2D eigenvalue weighted by molar-refractivity contribution is 5.95. The average molecular weight is 373 g/mol. The second-order valence-corrected chi connectivity index (χ2v) is 9.07. The third kappa shape index (κ3) is 2.32. The van der Waals surface area contributed by atoms with E-state index in [9.17, 15) is 0 Å². The third-order valence-corrected chi connectivity index (χ3v) is 7.19. The Balaban J connectivity index is 1.46. The zero-order valence-electron chi connectivity index (χ0n) is 16.9. The number of hydrogen-bond acceptors (Lipinski definition) is 0. The maximum absolute atomic E-state index is 2.44. The Bertz CT molecular complexity index is 1230. The van der Waals surface area contributed by atoms with Gasteiger partial charge in [0.05, 0.1) is 0 Å². The van der Waals surface area contributed by atoms with Gasteiger partial charge in [-0.25, -0.2) is 0 Å². The highest BCUT2D eigenvalue weighted by Crippen LogP contribution is 2.54. The molecule has 2 aliphatic carbocycles. The van der Waals surface area contributed by atoms with Crippen molar-refractivity contribution in [2.75, 3.05) is 0 Å². The van der Waals surface area contributed by atoms with Crippen LogP contribution in [0.5, 0.6) is 0 Å². The summed E-state index contributed by atoms with van der Waals surface area (Å²) in [6, 6.07) is 26.8. The fourth-order valence-corrected chi connectivity index (χ4v) is 5.62. The molecule has 0 N–H and O–H groups in total. The molecule has 0 spiro atoms. The number of benzene rings is 4. The fourth-order valence-electron chi connectivity index (χ4n) is 5.62. The lowest BCUT2D eigenvalue weighted by Crippen LogP contribution is -2.26. The van der Waals surface area contributed by atoms with Crippen LogP contribution in [0.2, 0.25) is 0 Å². The highest BCUT2D eigenvalue weighted by atomic mass is 14.4. The zero-order valence-corrected chi connectivity index (χ0v) is 16.9. The van der Waals surface area contributed by atoms with E-state index in [1.807, 2.05) is 0 Å². The number of rotatable bonds is 2. The summed E-state index contributed by atoms with van der Waals surface area (Å²) in [4.78, 5) is 0. The van der Waals surface area contributed by atoms with Gasteiger partial charge in [0.15, 0.2) is 0 Å². The molecule has 4 aromatic carbocycles. The SMILES string of the molecule is CC(C)([C@H]1C=Cc2c1ccc1ccccc21)[C@H]1C=Cc2c1ccc1ccccc21. The van der Waals surface area contributed by atoms with Crippen molar-refractivity contribution in [3.05, 3.63) is 107 Å². The second kappa shape index (κ2) is 5.94. The smallest absolute Gasteiger partial charge is 0.00875 e. The van der Waals surface area contributed by atoms with Gasteiger partial charge in [0, 0.05) is 11.8 Å². The van der Waals surface area contributed by atoms with E-state index in [2.05, 4.69) is 111 Å². The summed E-state index contributed by atoms with van der Waals surface area (Å²) in [7, 11) is 0. The molecule has 0 amide bonds. The first-order valence-electron chi connectivity index (χ1n) is 10.5. The Kier molecular flexibility index (Phi) is 3.44. The number of hydrogen-bond donors (Lipinski definition) is 0. The molecule has 0 fully saturated rings. The van der Waals surface area contributed by atoms with Crippen LogP contribution in [0.1, 0.15) is 47.9 Å². The second-order valence-electron chi connectivity index (χ2n) is 9.07. The predicted octanol–water partition coefficient (Wildman–Crippen LogP) is 7.94. The van der Waals surface area contributed by atoms with Crippen LogP contribution >= 0.6 is 0 Å². The van der Waals surface area contributed by atoms with E-state index in [0.29, 0.717) is 11.8 Å². The first-order valence-corrected chi connectivity index (χ1v) is 10.5. The molecule has 0 bridgehead atoms. The van der Waals surface area contributed by atoms with E-state index in [1.165, 1.54) is 43.8 Å². The number of fused-ring (bicyclic) bond motifs is 6. The van der Waals surface area contributed by atoms with Crippen LogP contribution in [0.25, 0.3) is 33.7 Å². The Labute approximate surface area is 172 Å². The molecule has 140 valence electrons. The largest absolute Gasteiger partial charge is 0.0758 e. The van der Waals surface area contributed by atoms with Crippen molar-refractivity contribution in [1.29, 1.82) is 0 Å². The van der Waals surface area contributed by atoms with Crippen molar-refractivity contribution in [1.82, 2.24) is 0 Å². The lowest BCUT2D eigenvalue weighted by Gasteiger charge is -2.37. The van der Waals surface area contributed by atoms with E-state index >= 15 is 0 Å². The van der Waals surface area contributed by atoms with Gasteiger partial charge < -0.3 is 0 Å². The molecule has 0 saturated heterocycles. The average Bonchev–Trinajstić information content (AvgIpc) is 3.39. The summed E-state index contributed by atoms with van der Waals surface area (Å²) < 4.78 is 0. The van der Waals surface area contributed by atoms with Crippen LogP contribution in [-0.4, -0.2) is 0 Å². The Morgan fingerprint density at radius 1 is 0.552 bits per heavy atom. The molecule has 0 aliphatic heterocycles. The molecule has 0 saturated carbocycles. The molecule has 4 aromatic rings. The van der Waals surface area contributed by atoms with Gasteiger partial charge in [0.1, 0.15) is 0 Å². The molecule has 0 heteroatoms. The van der Waals surface area contributed by atoms with E-state index in [-0.39, 0.29) is 5.41 Å². The molecular weight excluding hydrogens is 348 g/mol. The van der Waals surface area contributed by atoms with Gasteiger partial charge >= 0.3 is 0 Å². The van der Waals surface area contributed by atoms with Crippen molar-refractivity contribution in [3.8, 4) is 0 Å². The summed E-state index contributed by atoms with van der Waals surface area (Å²) in [5.74, 6) is 0.823. The lowest BCUT2D eigenvalue weighted by atomic mass is 9.66. The van der Waals surface area contributed by atoms with Gasteiger partial charge in [-0.2, -0.15) is 0 Å². The molecule has 2 aliphatic rings. The fraction of sp³-hybridized carbons (Fsp3) is 0.172. The van der Waals surface area contributed by atoms with Gasteiger partial charge in [-0.3, -0.25) is 0 Å². The van der Waals surface area contributed by atoms with Gasteiger partial charge in [0.25, 0.3) is 0 Å². The first kappa shape index (κ1) is 16.8. The van der Waals surface area contributed by atoms with E-state index < -0.39 is 0 Å². The van der Waals surface area contributed by atoms with Crippen molar-refractivity contribution in [3.63, 3.8) is 0 Å². The predicted molar refractivity (Wildman–Crippen MR) is 125 cm³/mol. The van der Waals surface area contributed by atoms with Crippen LogP contribution in [0.4, 0.5) is 0 Å². The zero-order chi connectivity index (χ0) is 19.6. The van der Waals surface area contributed by atoms with E-state index in [4.69, 9.17) is 0 Å². The molecule has 2 atom stereocenters. The first-order chi connectivity index (χ1) is 14.1. The van der Waals surface area contributed by atoms with E-state index in [1.54, 1.807) is 0 Å². The van der Waals surface area contributed by atoms with Gasteiger partial charge in [-0.05, 0) is 49.2 Å². The minimum atomic E-state index is 0.0917. The molecule has 0 radical (unpaired) electrons. The van der Waals surface area contributed by atoms with Crippen molar-refractivity contribution < 1.29 is 0 Å². The number of allylic oxidation sites excluding steroid dienone is 2. The summed E-state index contributed by atoms with van der Waals surface area (Å²) >= 11 is 0. The standard InChI is InChI=1S/C29H24/c1-29(2,27-17-15-23-21-9-5-3-7-19(21)11-13-25(23)27)28-18-16-24-22-10-6-4-8-20(22)12-14-26(24)28/h3-18,27-28H,1-2H3/t27-,28-/m0/s1. The molecule has 29 heavy (non-hydrogen) atoms. The Hall–Kier alpha value is -3.12. The van der Waals surface area contributed by atoms with Crippen molar-refractivity contribution in [2.45, 2.75) is 25.7 Å². The van der Waals surface area contributed by atoms with Crippen molar-refractivity contribution >= 4 is 33.7 Å². The third-order valence-electron chi connectivity index (χ3n) is 7.19. The lowest BCUT2D eigenvalue weighted by molar-refractivity contribution is 0.292. The molecule has 0 unspecified atom stereocenters. The molecular formula is C29H24. The topological polar surface area (TPSA) is 0 Å². The van der Waals surface area contributed by atoms with Crippen LogP contribution in [0.3, 0.4) is 0 Å². The quantitative estimate of drug-likeness (QED) is 0.335. The van der Waals surface area contributed by atoms with Crippen LogP contribution < -0.4 is 0 Å². The Morgan fingerprint density at radius 2 is 1.00 bits per heavy atom. The summed E-state index contributed by atoms with van der Waals surface area (Å²) in [5.41, 5.74) is 5.84. The maximum atomic E-state index is 2.44. The molecule has 0 nitrogen and oxygen atoms in total. The maximum Gasteiger partial charge on any atom is 0.00875 e. The monoisotopic (exact) mass is 372 g/mol. The van der Waals surface area contributed by atoms with Crippen molar-refractivity contribution in [2.24, 2.45) is 5.41 Å². The Morgan fingerprint density at radius 3 is 1.48 bits per heavy atom. The van der Waals surface area contributed by atoms with Crippen LogP contribution in [-0.2, 0) is 0 Å². The van der Waals surface area contributed by atoms with Crippen LogP contribution in [0.15, 0.2) is 84.9 Å². The minimum absolute atomic E-state index is 0.0917. The van der Waals surface area contributed by atoms with Crippen LogP contribution in [0, 0.1) is 5.41 Å². The molecule has 6 rings (SSSR count). The molecule has 0 heterocycles. The highest BCUT2D eigenvalue weighted by Gasteiger charge is 2.41. The minimum Gasteiger partial charge on any atom is -0.0758 e. The van der Waals surface area contributed by atoms with E-state index in [0.717, 1.165) is 0 Å². The normalized spacial score (nSPS) is 19.8. The van der Waals surface area contributed by atoms with Gasteiger partial charge in [-0.15, -0.1) is 0 Å². The summed E-state index contributed by atoms with van der Waals surface area (Å²) in [6.45, 7) is 4.87. The summed E-state index contributed by atoms with van der Waals surface area (Å²) in [5, 5.41) is 5.39. The van der Waals surface area contributed by atoms with Gasteiger partial charge in [0.2, 0.25) is 0 Å².